The van der Waals surface area contributed by atoms with E-state index in [-0.39, 0.29) is 11.7 Å². The van der Waals surface area contributed by atoms with Crippen LogP contribution in [0.25, 0.3) is 0 Å². The fourth-order valence-electron chi connectivity index (χ4n) is 0.486. The summed E-state index contributed by atoms with van der Waals surface area (Å²) in [5.41, 5.74) is 5.29. The Morgan fingerprint density at radius 2 is 2.40 bits per heavy atom. The van der Waals surface area contributed by atoms with Crippen molar-refractivity contribution in [3.8, 4) is 5.88 Å². The summed E-state index contributed by atoms with van der Waals surface area (Å²) in [6.07, 6.45) is 0.909. The third-order valence-electron chi connectivity index (χ3n) is 0.925. The molecule has 10 heavy (non-hydrogen) atoms. The summed E-state index contributed by atoms with van der Waals surface area (Å²) in [4.78, 5) is 0. The van der Waals surface area contributed by atoms with Gasteiger partial charge >= 0.3 is 0 Å². The number of rotatable bonds is 3. The van der Waals surface area contributed by atoms with Gasteiger partial charge in [0.2, 0.25) is 5.82 Å². The second kappa shape index (κ2) is 3.05. The molecule has 0 fully saturated rings. The van der Waals surface area contributed by atoms with E-state index < -0.39 is 0 Å². The zero-order chi connectivity index (χ0) is 7.40. The van der Waals surface area contributed by atoms with Crippen LogP contribution in [0.3, 0.4) is 0 Å². The smallest absolute Gasteiger partial charge is 0.300 e. The molecule has 0 spiro atoms. The van der Waals surface area contributed by atoms with Crippen LogP contribution in [0.4, 0.5) is 5.82 Å². The van der Waals surface area contributed by atoms with Gasteiger partial charge in [-0.2, -0.15) is 0 Å². The molecule has 0 saturated heterocycles. The molecule has 0 radical (unpaired) electrons. The molecule has 0 aromatic carbocycles. The summed E-state index contributed by atoms with van der Waals surface area (Å²) in [5.74, 6) is 0.482. The van der Waals surface area contributed by atoms with Gasteiger partial charge in [0.15, 0.2) is 0 Å². The van der Waals surface area contributed by atoms with Gasteiger partial charge in [-0.05, 0) is 16.7 Å². The van der Waals surface area contributed by atoms with Crippen LogP contribution in [0.1, 0.15) is 13.3 Å². The Morgan fingerprint density at radius 3 is 2.90 bits per heavy atom. The second-order valence-electron chi connectivity index (χ2n) is 1.80. The fraction of sp³-hybridized carbons (Fsp3) is 0.600. The van der Waals surface area contributed by atoms with Crippen molar-refractivity contribution in [3.63, 3.8) is 0 Å². The maximum atomic E-state index is 5.29. The Balaban J connectivity index is 2.49. The van der Waals surface area contributed by atoms with E-state index in [0.717, 1.165) is 6.42 Å². The van der Waals surface area contributed by atoms with Crippen LogP contribution in [0.5, 0.6) is 5.88 Å². The molecular weight excluding hydrogens is 134 g/mol. The third-order valence-corrected chi connectivity index (χ3v) is 0.925. The first kappa shape index (κ1) is 6.85. The monoisotopic (exact) mass is 143 g/mol. The van der Waals surface area contributed by atoms with Crippen molar-refractivity contribution in [1.29, 1.82) is 0 Å². The summed E-state index contributed by atoms with van der Waals surface area (Å²) < 4.78 is 9.33. The van der Waals surface area contributed by atoms with Gasteiger partial charge in [-0.15, -0.1) is 0 Å². The number of ether oxygens (including phenoxy) is 1. The zero-order valence-corrected chi connectivity index (χ0v) is 5.70. The lowest BCUT2D eigenvalue weighted by molar-refractivity contribution is 0.255. The molecule has 1 rings (SSSR count). The van der Waals surface area contributed by atoms with Gasteiger partial charge in [0.05, 0.1) is 6.61 Å². The lowest BCUT2D eigenvalue weighted by atomic mass is 10.5. The van der Waals surface area contributed by atoms with Crippen molar-refractivity contribution in [2.24, 2.45) is 0 Å². The fourth-order valence-corrected chi connectivity index (χ4v) is 0.486. The van der Waals surface area contributed by atoms with Crippen molar-refractivity contribution in [2.45, 2.75) is 13.3 Å². The number of nitrogens with zero attached hydrogens (tertiary/aromatic N) is 2. The van der Waals surface area contributed by atoms with Gasteiger partial charge in [-0.3, -0.25) is 0 Å². The summed E-state index contributed by atoms with van der Waals surface area (Å²) in [6, 6.07) is 0. The van der Waals surface area contributed by atoms with E-state index in [9.17, 15) is 0 Å². The van der Waals surface area contributed by atoms with Crippen molar-refractivity contribution in [1.82, 2.24) is 10.3 Å². The highest BCUT2D eigenvalue weighted by Gasteiger charge is 2.04. The molecule has 1 heterocycles. The van der Waals surface area contributed by atoms with Crippen LogP contribution < -0.4 is 10.5 Å². The summed E-state index contributed by atoms with van der Waals surface area (Å²) >= 11 is 0. The SMILES string of the molecule is CCCOc1nonc1N. The van der Waals surface area contributed by atoms with Gasteiger partial charge in [0, 0.05) is 0 Å². The number of hydrogen-bond donors (Lipinski definition) is 1. The van der Waals surface area contributed by atoms with E-state index in [1.165, 1.54) is 0 Å². The second-order valence-corrected chi connectivity index (χ2v) is 1.80. The van der Waals surface area contributed by atoms with E-state index in [2.05, 4.69) is 14.9 Å². The van der Waals surface area contributed by atoms with Crippen LogP contribution in [-0.4, -0.2) is 16.9 Å². The molecule has 0 atom stereocenters. The highest BCUT2D eigenvalue weighted by Crippen LogP contribution is 2.13. The van der Waals surface area contributed by atoms with Crippen LogP contribution in [0.2, 0.25) is 0 Å². The molecule has 5 nitrogen and oxygen atoms in total. The van der Waals surface area contributed by atoms with Gasteiger partial charge < -0.3 is 10.5 Å². The first-order chi connectivity index (χ1) is 4.84. The Kier molecular flexibility index (Phi) is 2.09. The molecule has 0 saturated carbocycles. The molecule has 0 unspecified atom stereocenters. The molecule has 1 aromatic rings. The van der Waals surface area contributed by atoms with Gasteiger partial charge in [0.1, 0.15) is 0 Å². The Bertz CT molecular complexity index is 199. The predicted octanol–water partition coefficient (Wildman–Crippen LogP) is 0.441. The standard InChI is InChI=1S/C5H9N3O2/c1-2-3-9-5-4(6)7-10-8-5/h2-3H2,1H3,(H2,6,7). The Hall–Kier alpha value is -1.26. The maximum absolute atomic E-state index is 5.29. The van der Waals surface area contributed by atoms with E-state index in [0.29, 0.717) is 6.61 Å². The van der Waals surface area contributed by atoms with Crippen molar-refractivity contribution < 1.29 is 9.37 Å². The van der Waals surface area contributed by atoms with E-state index in [1.807, 2.05) is 6.92 Å². The van der Waals surface area contributed by atoms with E-state index >= 15 is 0 Å². The minimum atomic E-state index is 0.202. The topological polar surface area (TPSA) is 74.2 Å². The largest absolute Gasteiger partial charge is 0.473 e. The van der Waals surface area contributed by atoms with Crippen LogP contribution in [-0.2, 0) is 0 Å². The summed E-state index contributed by atoms with van der Waals surface area (Å²) in [5, 5.41) is 6.76. The molecule has 56 valence electrons. The number of aromatic nitrogens is 2. The maximum Gasteiger partial charge on any atom is 0.300 e. The Morgan fingerprint density at radius 1 is 1.60 bits per heavy atom. The van der Waals surface area contributed by atoms with Gasteiger partial charge in [-0.25, -0.2) is 4.63 Å². The van der Waals surface area contributed by atoms with E-state index in [1.54, 1.807) is 0 Å². The third kappa shape index (κ3) is 1.37. The van der Waals surface area contributed by atoms with Crippen LogP contribution >= 0.6 is 0 Å². The average molecular weight is 143 g/mol. The minimum Gasteiger partial charge on any atom is -0.473 e. The normalized spacial score (nSPS) is 9.70. The number of nitrogens with two attached hydrogens (primary N) is 1. The summed E-state index contributed by atoms with van der Waals surface area (Å²) in [6.45, 7) is 2.57. The Labute approximate surface area is 58.1 Å². The molecule has 2 N–H and O–H groups in total. The molecule has 0 aliphatic rings. The highest BCUT2D eigenvalue weighted by molar-refractivity contribution is 5.36. The minimum absolute atomic E-state index is 0.202. The first-order valence-corrected chi connectivity index (χ1v) is 3.05. The number of nitrogen functional groups attached to an aromatic ring is 1. The van der Waals surface area contributed by atoms with E-state index in [4.69, 9.17) is 10.5 Å². The predicted molar refractivity (Wildman–Crippen MR) is 34.5 cm³/mol. The lowest BCUT2D eigenvalue weighted by Crippen LogP contribution is -1.97. The molecule has 5 heteroatoms. The first-order valence-electron chi connectivity index (χ1n) is 3.05. The van der Waals surface area contributed by atoms with Crippen molar-refractivity contribution >= 4 is 5.82 Å². The molecular formula is C5H9N3O2. The van der Waals surface area contributed by atoms with Crippen molar-refractivity contribution in [2.75, 3.05) is 12.3 Å². The molecule has 0 amide bonds. The highest BCUT2D eigenvalue weighted by atomic mass is 16.6. The lowest BCUT2D eigenvalue weighted by Gasteiger charge is -1.96. The quantitative estimate of drug-likeness (QED) is 0.664. The molecule has 0 aliphatic heterocycles. The van der Waals surface area contributed by atoms with Gasteiger partial charge in [-0.1, -0.05) is 6.92 Å². The van der Waals surface area contributed by atoms with Gasteiger partial charge in [0.25, 0.3) is 5.88 Å². The van der Waals surface area contributed by atoms with Crippen LogP contribution in [0.15, 0.2) is 4.63 Å². The van der Waals surface area contributed by atoms with Crippen molar-refractivity contribution in [3.05, 3.63) is 0 Å². The zero-order valence-electron chi connectivity index (χ0n) is 5.70. The average Bonchev–Trinajstić information content (AvgIpc) is 2.31. The summed E-state index contributed by atoms with van der Waals surface area (Å²) in [7, 11) is 0. The van der Waals surface area contributed by atoms with Crippen LogP contribution in [0, 0.1) is 0 Å². The molecule has 0 bridgehead atoms. The molecule has 1 aromatic heterocycles. The number of anilines is 1. The molecule has 0 aliphatic carbocycles. The number of hydrogen-bond acceptors (Lipinski definition) is 5.